The first-order valence-electron chi connectivity index (χ1n) is 6.36. The van der Waals surface area contributed by atoms with E-state index in [4.69, 9.17) is 9.47 Å². The maximum Gasteiger partial charge on any atom is 0.269 e. The molecule has 2 atom stereocenters. The summed E-state index contributed by atoms with van der Waals surface area (Å²) < 4.78 is 11.4. The summed E-state index contributed by atoms with van der Waals surface area (Å²) in [5, 5.41) is 5.81. The van der Waals surface area contributed by atoms with Crippen molar-refractivity contribution in [3.63, 3.8) is 0 Å². The molecule has 0 radical (unpaired) electrons. The van der Waals surface area contributed by atoms with Crippen molar-refractivity contribution >= 4 is 5.91 Å². The second-order valence-corrected chi connectivity index (χ2v) is 4.49. The largest absolute Gasteiger partial charge is 0.491 e. The summed E-state index contributed by atoms with van der Waals surface area (Å²) in [5.74, 6) is 0.394. The van der Waals surface area contributed by atoms with E-state index in [1.54, 1.807) is 25.4 Å². The maximum atomic E-state index is 11.5. The van der Waals surface area contributed by atoms with Crippen LogP contribution < -0.4 is 15.4 Å². The van der Waals surface area contributed by atoms with Gasteiger partial charge < -0.3 is 20.1 Å². The number of ether oxygens (including phenoxy) is 2. The van der Waals surface area contributed by atoms with Crippen LogP contribution in [0.1, 0.15) is 17.4 Å². The Morgan fingerprint density at radius 1 is 1.63 bits per heavy atom. The molecular formula is C13H19N3O3. The van der Waals surface area contributed by atoms with Crippen LogP contribution in [0.15, 0.2) is 18.3 Å². The van der Waals surface area contributed by atoms with Gasteiger partial charge in [0.25, 0.3) is 5.91 Å². The topological polar surface area (TPSA) is 72.5 Å². The Labute approximate surface area is 112 Å². The Bertz CT molecular complexity index is 439. The van der Waals surface area contributed by atoms with E-state index in [-0.39, 0.29) is 18.1 Å². The van der Waals surface area contributed by atoms with Crippen molar-refractivity contribution < 1.29 is 14.3 Å². The van der Waals surface area contributed by atoms with Gasteiger partial charge in [-0.2, -0.15) is 0 Å². The first-order chi connectivity index (χ1) is 9.19. The van der Waals surface area contributed by atoms with E-state index in [0.717, 1.165) is 13.1 Å². The van der Waals surface area contributed by atoms with Crippen molar-refractivity contribution in [1.29, 1.82) is 0 Å². The highest BCUT2D eigenvalue weighted by molar-refractivity contribution is 5.92. The van der Waals surface area contributed by atoms with Crippen LogP contribution in [-0.4, -0.2) is 49.8 Å². The lowest BCUT2D eigenvalue weighted by atomic mass is 10.2. The van der Waals surface area contributed by atoms with Crippen molar-refractivity contribution in [2.45, 2.75) is 19.1 Å². The fraction of sp³-hybridized carbons (Fsp3) is 0.538. The third kappa shape index (κ3) is 3.90. The monoisotopic (exact) mass is 265 g/mol. The van der Waals surface area contributed by atoms with Crippen LogP contribution in [0.2, 0.25) is 0 Å². The molecule has 0 aromatic carbocycles. The highest BCUT2D eigenvalue weighted by atomic mass is 16.5. The van der Waals surface area contributed by atoms with Crippen molar-refractivity contribution in [3.05, 3.63) is 24.0 Å². The van der Waals surface area contributed by atoms with Crippen LogP contribution in [0.5, 0.6) is 5.75 Å². The number of amides is 1. The molecule has 1 saturated heterocycles. The molecule has 2 rings (SSSR count). The number of nitrogens with one attached hydrogen (secondary N) is 2. The zero-order chi connectivity index (χ0) is 13.7. The van der Waals surface area contributed by atoms with Crippen LogP contribution in [0, 0.1) is 0 Å². The SMILES string of the molecule is CNC(=O)c1cc(OCC2CNCC(C)O2)ccn1. The molecule has 1 aliphatic rings. The smallest absolute Gasteiger partial charge is 0.269 e. The number of morpholine rings is 1. The quantitative estimate of drug-likeness (QED) is 0.813. The molecule has 1 aliphatic heterocycles. The molecule has 1 aromatic heterocycles. The minimum Gasteiger partial charge on any atom is -0.491 e. The van der Waals surface area contributed by atoms with E-state index in [9.17, 15) is 4.79 Å². The number of nitrogens with zero attached hydrogens (tertiary/aromatic N) is 1. The number of carbonyl (C=O) groups is 1. The second kappa shape index (κ2) is 6.49. The van der Waals surface area contributed by atoms with Gasteiger partial charge in [0.15, 0.2) is 0 Å². The molecule has 2 unspecified atom stereocenters. The molecule has 2 N–H and O–H groups in total. The van der Waals surface area contributed by atoms with Gasteiger partial charge in [0, 0.05) is 32.4 Å². The lowest BCUT2D eigenvalue weighted by Gasteiger charge is -2.28. The minimum atomic E-state index is -0.227. The van der Waals surface area contributed by atoms with Crippen LogP contribution in [0.3, 0.4) is 0 Å². The summed E-state index contributed by atoms with van der Waals surface area (Å²) in [5.41, 5.74) is 0.344. The fourth-order valence-electron chi connectivity index (χ4n) is 1.91. The Kier molecular flexibility index (Phi) is 4.70. The van der Waals surface area contributed by atoms with Crippen molar-refractivity contribution in [2.24, 2.45) is 0 Å². The molecule has 0 saturated carbocycles. The Morgan fingerprint density at radius 2 is 2.47 bits per heavy atom. The number of pyridine rings is 1. The van der Waals surface area contributed by atoms with Crippen molar-refractivity contribution in [3.8, 4) is 5.75 Å². The molecule has 104 valence electrons. The second-order valence-electron chi connectivity index (χ2n) is 4.49. The zero-order valence-electron chi connectivity index (χ0n) is 11.2. The fourth-order valence-corrected chi connectivity index (χ4v) is 1.91. The number of carbonyl (C=O) groups excluding carboxylic acids is 1. The van der Waals surface area contributed by atoms with Gasteiger partial charge in [-0.25, -0.2) is 0 Å². The van der Waals surface area contributed by atoms with Crippen LogP contribution in [0.25, 0.3) is 0 Å². The van der Waals surface area contributed by atoms with Gasteiger partial charge in [-0.3, -0.25) is 9.78 Å². The Morgan fingerprint density at radius 3 is 3.21 bits per heavy atom. The highest BCUT2D eigenvalue weighted by Crippen LogP contribution is 2.12. The van der Waals surface area contributed by atoms with Crippen LogP contribution in [0.4, 0.5) is 0 Å². The average molecular weight is 265 g/mol. The molecule has 6 nitrogen and oxygen atoms in total. The molecule has 0 bridgehead atoms. The van der Waals surface area contributed by atoms with Gasteiger partial charge in [0.1, 0.15) is 24.2 Å². The summed E-state index contributed by atoms with van der Waals surface area (Å²) in [6, 6.07) is 3.35. The van der Waals surface area contributed by atoms with Gasteiger partial charge >= 0.3 is 0 Å². The Hall–Kier alpha value is -1.66. The molecule has 2 heterocycles. The average Bonchev–Trinajstić information content (AvgIpc) is 2.45. The van der Waals surface area contributed by atoms with E-state index in [1.165, 1.54) is 0 Å². The van der Waals surface area contributed by atoms with Gasteiger partial charge in [-0.05, 0) is 13.0 Å². The summed E-state index contributed by atoms with van der Waals surface area (Å²) in [7, 11) is 1.57. The molecule has 6 heteroatoms. The molecule has 0 spiro atoms. The predicted molar refractivity (Wildman–Crippen MR) is 70.3 cm³/mol. The van der Waals surface area contributed by atoms with E-state index >= 15 is 0 Å². The minimum absolute atomic E-state index is 0.0281. The summed E-state index contributed by atoms with van der Waals surface area (Å²) >= 11 is 0. The highest BCUT2D eigenvalue weighted by Gasteiger charge is 2.19. The lowest BCUT2D eigenvalue weighted by Crippen LogP contribution is -2.45. The number of aromatic nitrogens is 1. The van der Waals surface area contributed by atoms with Crippen LogP contribution >= 0.6 is 0 Å². The summed E-state index contributed by atoms with van der Waals surface area (Å²) in [6.45, 7) is 4.12. The maximum absolute atomic E-state index is 11.5. The molecular weight excluding hydrogens is 246 g/mol. The van der Waals surface area contributed by atoms with E-state index < -0.39 is 0 Å². The zero-order valence-corrected chi connectivity index (χ0v) is 11.2. The molecule has 1 aromatic rings. The lowest BCUT2D eigenvalue weighted by molar-refractivity contribution is -0.0470. The molecule has 1 amide bonds. The van der Waals surface area contributed by atoms with Gasteiger partial charge in [0.05, 0.1) is 6.10 Å². The van der Waals surface area contributed by atoms with E-state index in [2.05, 4.69) is 15.6 Å². The summed E-state index contributed by atoms with van der Waals surface area (Å²) in [6.07, 6.45) is 1.78. The summed E-state index contributed by atoms with van der Waals surface area (Å²) in [4.78, 5) is 15.4. The van der Waals surface area contributed by atoms with Gasteiger partial charge in [-0.1, -0.05) is 0 Å². The number of hydrogen-bond acceptors (Lipinski definition) is 5. The van der Waals surface area contributed by atoms with Crippen molar-refractivity contribution in [2.75, 3.05) is 26.7 Å². The predicted octanol–water partition coefficient (Wildman–Crippen LogP) is 0.197. The molecule has 19 heavy (non-hydrogen) atoms. The number of hydrogen-bond donors (Lipinski definition) is 2. The van der Waals surface area contributed by atoms with Crippen LogP contribution in [-0.2, 0) is 4.74 Å². The molecule has 1 fully saturated rings. The standard InChI is InChI=1S/C13H19N3O3/c1-9-6-15-7-11(19-9)8-18-10-3-4-16-12(5-10)13(17)14-2/h3-5,9,11,15H,6-8H2,1-2H3,(H,14,17). The normalized spacial score (nSPS) is 22.8. The van der Waals surface area contributed by atoms with E-state index in [0.29, 0.717) is 18.1 Å². The first-order valence-corrected chi connectivity index (χ1v) is 6.36. The third-order valence-electron chi connectivity index (χ3n) is 2.86. The van der Waals surface area contributed by atoms with E-state index in [1.807, 2.05) is 6.92 Å². The molecule has 0 aliphatic carbocycles. The van der Waals surface area contributed by atoms with Gasteiger partial charge in [-0.15, -0.1) is 0 Å². The number of rotatable bonds is 4. The van der Waals surface area contributed by atoms with Gasteiger partial charge in [0.2, 0.25) is 0 Å². The first kappa shape index (κ1) is 13.8. The Balaban J connectivity index is 1.90. The van der Waals surface area contributed by atoms with Crippen molar-refractivity contribution in [1.82, 2.24) is 15.6 Å². The third-order valence-corrected chi connectivity index (χ3v) is 2.86.